The van der Waals surface area contributed by atoms with Gasteiger partial charge in [-0.3, -0.25) is 14.9 Å². The number of aliphatic carboxylic acids is 1. The van der Waals surface area contributed by atoms with Crippen LogP contribution < -0.4 is 0 Å². The van der Waals surface area contributed by atoms with Crippen LogP contribution in [0, 0.1) is 10.1 Å². The molecule has 0 radical (unpaired) electrons. The van der Waals surface area contributed by atoms with Crippen LogP contribution in [0.2, 0.25) is 0 Å². The zero-order valence-electron chi connectivity index (χ0n) is 15.3. The minimum absolute atomic E-state index is 0.150. The van der Waals surface area contributed by atoms with Crippen LogP contribution in [0.3, 0.4) is 0 Å². The third-order valence-corrected chi connectivity index (χ3v) is 4.47. The Morgan fingerprint density at radius 3 is 1.66 bits per heavy atom. The maximum absolute atomic E-state index is 13.5. The minimum Gasteiger partial charge on any atom is -0.473 e. The summed E-state index contributed by atoms with van der Waals surface area (Å²) in [6.45, 7) is 0. The van der Waals surface area contributed by atoms with Crippen molar-refractivity contribution in [3.8, 4) is 0 Å². The highest BCUT2D eigenvalue weighted by Crippen LogP contribution is 2.37. The molecule has 0 spiro atoms. The van der Waals surface area contributed by atoms with Gasteiger partial charge in [0.05, 0.1) is 16.4 Å². The molecule has 0 amide bonds. The Kier molecular flexibility index (Phi) is 5.94. The molecule has 29 heavy (non-hydrogen) atoms. The molecule has 144 valence electrons. The van der Waals surface area contributed by atoms with Crippen LogP contribution in [0.1, 0.15) is 27.4 Å². The number of Topliss-reactive ketones (excluding diaryl/α,β-unsaturated/α-hetero) is 1. The lowest BCUT2D eigenvalue weighted by Gasteiger charge is -2.20. The first-order chi connectivity index (χ1) is 14.0. The molecule has 1 unspecified atom stereocenters. The van der Waals surface area contributed by atoms with E-state index in [0.29, 0.717) is 16.7 Å². The van der Waals surface area contributed by atoms with E-state index < -0.39 is 28.3 Å². The quantitative estimate of drug-likeness (QED) is 0.280. The lowest BCUT2D eigenvalue weighted by atomic mass is 9.80. The van der Waals surface area contributed by atoms with E-state index in [1.54, 1.807) is 91.0 Å². The first kappa shape index (κ1) is 19.7. The summed E-state index contributed by atoms with van der Waals surface area (Å²) < 4.78 is 0. The predicted molar refractivity (Wildman–Crippen MR) is 108 cm³/mol. The van der Waals surface area contributed by atoms with Crippen LogP contribution in [0.15, 0.2) is 96.7 Å². The molecule has 0 saturated heterocycles. The molecule has 0 aliphatic rings. The van der Waals surface area contributed by atoms with Gasteiger partial charge in [0.1, 0.15) is 0 Å². The lowest BCUT2D eigenvalue weighted by Crippen LogP contribution is -2.21. The lowest BCUT2D eigenvalue weighted by molar-refractivity contribution is -0.420. The number of benzene rings is 3. The van der Waals surface area contributed by atoms with E-state index in [0.717, 1.165) is 0 Å². The van der Waals surface area contributed by atoms with Gasteiger partial charge in [0.25, 0.3) is 0 Å². The maximum atomic E-state index is 13.5. The highest BCUT2D eigenvalue weighted by atomic mass is 16.6. The Morgan fingerprint density at radius 1 is 0.759 bits per heavy atom. The smallest absolute Gasteiger partial charge is 0.407 e. The molecule has 3 aromatic carbocycles. The highest BCUT2D eigenvalue weighted by Gasteiger charge is 2.37. The van der Waals surface area contributed by atoms with Crippen LogP contribution >= 0.6 is 0 Å². The van der Waals surface area contributed by atoms with Gasteiger partial charge in [0.15, 0.2) is 5.78 Å². The SMILES string of the molecule is O=C(O)/C(=C(/c1ccccc1)C(C(=O)c1ccccc1)c1ccccc1)[N+](=O)[O-]. The van der Waals surface area contributed by atoms with Gasteiger partial charge in [-0.05, 0) is 11.1 Å². The first-order valence-electron chi connectivity index (χ1n) is 8.82. The Hall–Kier alpha value is -4.06. The number of ketones is 1. The molecule has 0 aliphatic heterocycles. The van der Waals surface area contributed by atoms with E-state index >= 15 is 0 Å². The van der Waals surface area contributed by atoms with Crippen molar-refractivity contribution in [2.24, 2.45) is 0 Å². The molecule has 0 heterocycles. The average Bonchev–Trinajstić information content (AvgIpc) is 2.74. The Bertz CT molecular complexity index is 1040. The minimum atomic E-state index is -1.70. The number of nitrogens with zero attached hydrogens (tertiary/aromatic N) is 1. The second-order valence-corrected chi connectivity index (χ2v) is 6.26. The van der Waals surface area contributed by atoms with Crippen LogP contribution in [-0.2, 0) is 4.79 Å². The van der Waals surface area contributed by atoms with Crippen molar-refractivity contribution < 1.29 is 19.6 Å². The Labute approximate surface area is 166 Å². The van der Waals surface area contributed by atoms with Gasteiger partial charge in [-0.15, -0.1) is 0 Å². The van der Waals surface area contributed by atoms with Gasteiger partial charge < -0.3 is 5.11 Å². The van der Waals surface area contributed by atoms with E-state index in [9.17, 15) is 24.8 Å². The van der Waals surface area contributed by atoms with E-state index in [2.05, 4.69) is 0 Å². The molecule has 0 fully saturated rings. The van der Waals surface area contributed by atoms with Crippen LogP contribution in [0.4, 0.5) is 0 Å². The third kappa shape index (κ3) is 4.27. The van der Waals surface area contributed by atoms with Gasteiger partial charge >= 0.3 is 11.7 Å². The molecule has 1 atom stereocenters. The van der Waals surface area contributed by atoms with Gasteiger partial charge in [0, 0.05) is 5.56 Å². The van der Waals surface area contributed by atoms with Gasteiger partial charge in [0.2, 0.25) is 0 Å². The number of nitro groups is 1. The van der Waals surface area contributed by atoms with Crippen LogP contribution in [-0.4, -0.2) is 21.8 Å². The van der Waals surface area contributed by atoms with Gasteiger partial charge in [-0.1, -0.05) is 91.0 Å². The summed E-state index contributed by atoms with van der Waals surface area (Å²) in [5.41, 5.74) is -0.0547. The molecule has 3 rings (SSSR count). The van der Waals surface area contributed by atoms with E-state index in [1.165, 1.54) is 0 Å². The Morgan fingerprint density at radius 2 is 1.21 bits per heavy atom. The summed E-state index contributed by atoms with van der Waals surface area (Å²) >= 11 is 0. The van der Waals surface area contributed by atoms with Crippen molar-refractivity contribution in [1.82, 2.24) is 0 Å². The number of carbonyl (C=O) groups excluding carboxylic acids is 1. The number of hydrogen-bond acceptors (Lipinski definition) is 4. The number of allylic oxidation sites excluding steroid dienone is 1. The van der Waals surface area contributed by atoms with Crippen molar-refractivity contribution in [2.45, 2.75) is 5.92 Å². The Balaban J connectivity index is 2.35. The molecule has 6 nitrogen and oxygen atoms in total. The molecule has 1 N–H and O–H groups in total. The molecule has 0 saturated carbocycles. The summed E-state index contributed by atoms with van der Waals surface area (Å²) in [6.07, 6.45) is 0. The zero-order valence-corrected chi connectivity index (χ0v) is 15.3. The summed E-state index contributed by atoms with van der Waals surface area (Å²) in [5.74, 6) is -3.27. The average molecular weight is 387 g/mol. The maximum Gasteiger partial charge on any atom is 0.407 e. The summed E-state index contributed by atoms with van der Waals surface area (Å²) in [6, 6.07) is 24.9. The number of carbonyl (C=O) groups is 2. The topological polar surface area (TPSA) is 97.5 Å². The first-order valence-corrected chi connectivity index (χ1v) is 8.82. The monoisotopic (exact) mass is 387 g/mol. The van der Waals surface area contributed by atoms with Crippen LogP contribution in [0.5, 0.6) is 0 Å². The molecule has 0 aliphatic carbocycles. The summed E-state index contributed by atoms with van der Waals surface area (Å²) in [7, 11) is 0. The van der Waals surface area contributed by atoms with E-state index in [4.69, 9.17) is 0 Å². The molecule has 6 heteroatoms. The summed E-state index contributed by atoms with van der Waals surface area (Å²) in [4.78, 5) is 36.1. The fourth-order valence-electron chi connectivity index (χ4n) is 3.21. The molecule has 3 aromatic rings. The van der Waals surface area contributed by atoms with E-state index in [1.807, 2.05) is 0 Å². The second kappa shape index (κ2) is 8.75. The zero-order chi connectivity index (χ0) is 20.8. The number of hydrogen-bond donors (Lipinski definition) is 1. The van der Waals surface area contributed by atoms with Crippen molar-refractivity contribution in [3.05, 3.63) is 123 Å². The van der Waals surface area contributed by atoms with Crippen molar-refractivity contribution in [2.75, 3.05) is 0 Å². The number of rotatable bonds is 7. The van der Waals surface area contributed by atoms with Gasteiger partial charge in [-0.25, -0.2) is 4.79 Å². The molecular weight excluding hydrogens is 370 g/mol. The number of carboxylic acids is 1. The van der Waals surface area contributed by atoms with Crippen molar-refractivity contribution in [1.29, 1.82) is 0 Å². The van der Waals surface area contributed by atoms with Gasteiger partial charge in [-0.2, -0.15) is 0 Å². The summed E-state index contributed by atoms with van der Waals surface area (Å²) in [5, 5.41) is 21.3. The largest absolute Gasteiger partial charge is 0.473 e. The standard InChI is InChI=1S/C23H17NO5/c25-22(18-14-8-3-9-15-18)20(17-12-6-2-7-13-17)19(16-10-4-1-5-11-16)21(23(26)27)24(28)29/h1-15,20H,(H,26,27)/b21-19+. The fourth-order valence-corrected chi connectivity index (χ4v) is 3.21. The van der Waals surface area contributed by atoms with Crippen molar-refractivity contribution >= 4 is 17.3 Å². The number of carboxylic acid groups (broad SMARTS) is 1. The van der Waals surface area contributed by atoms with E-state index in [-0.39, 0.29) is 5.57 Å². The van der Waals surface area contributed by atoms with Crippen molar-refractivity contribution in [3.63, 3.8) is 0 Å². The highest BCUT2D eigenvalue weighted by molar-refractivity contribution is 6.11. The second-order valence-electron chi connectivity index (χ2n) is 6.26. The molecule has 0 aromatic heterocycles. The normalized spacial score (nSPS) is 12.6. The molecule has 0 bridgehead atoms. The molecular formula is C23H17NO5. The third-order valence-electron chi connectivity index (χ3n) is 4.47. The predicted octanol–water partition coefficient (Wildman–Crippen LogP) is 4.43. The van der Waals surface area contributed by atoms with Crippen LogP contribution in [0.25, 0.3) is 5.57 Å². The fraction of sp³-hybridized carbons (Fsp3) is 0.0435.